The van der Waals surface area contributed by atoms with Crippen LogP contribution in [0.2, 0.25) is 0 Å². The summed E-state index contributed by atoms with van der Waals surface area (Å²) in [5.74, 6) is 0. The Bertz CT molecular complexity index is 400. The van der Waals surface area contributed by atoms with Gasteiger partial charge in [0.25, 0.3) is 0 Å². The Morgan fingerprint density at radius 2 is 2.26 bits per heavy atom. The number of nitrogens with zero attached hydrogens (tertiary/aromatic N) is 1. The van der Waals surface area contributed by atoms with Crippen molar-refractivity contribution in [3.8, 4) is 0 Å². The first-order valence-corrected chi connectivity index (χ1v) is 7.43. The van der Waals surface area contributed by atoms with Gasteiger partial charge in [-0.25, -0.2) is 0 Å². The molecule has 0 aliphatic carbocycles. The quantitative estimate of drug-likeness (QED) is 0.854. The van der Waals surface area contributed by atoms with E-state index in [4.69, 9.17) is 4.74 Å². The zero-order chi connectivity index (χ0) is 13.7. The first-order valence-electron chi connectivity index (χ1n) is 7.43. The number of aryl methyl sites for hydroxylation is 2. The van der Waals surface area contributed by atoms with Crippen molar-refractivity contribution in [1.29, 1.82) is 0 Å². The zero-order valence-corrected chi connectivity index (χ0v) is 12.4. The van der Waals surface area contributed by atoms with Crippen molar-refractivity contribution in [3.05, 3.63) is 29.1 Å². The van der Waals surface area contributed by atoms with Crippen LogP contribution in [0.5, 0.6) is 0 Å². The van der Waals surface area contributed by atoms with Crippen LogP contribution in [0, 0.1) is 13.8 Å². The lowest BCUT2D eigenvalue weighted by Crippen LogP contribution is -2.18. The minimum atomic E-state index is 0.412. The molecule has 0 spiro atoms. The third-order valence-electron chi connectivity index (χ3n) is 4.03. The van der Waals surface area contributed by atoms with Crippen LogP contribution in [0.25, 0.3) is 0 Å². The Kier molecular flexibility index (Phi) is 5.34. The van der Waals surface area contributed by atoms with Crippen LogP contribution < -0.4 is 5.32 Å². The molecule has 1 aliphatic rings. The summed E-state index contributed by atoms with van der Waals surface area (Å²) in [6.07, 6.45) is 6.55. The fourth-order valence-electron chi connectivity index (χ4n) is 2.94. The fraction of sp³-hybridized carbons (Fsp3) is 0.688. The van der Waals surface area contributed by atoms with E-state index in [-0.39, 0.29) is 0 Å². The number of pyridine rings is 1. The molecule has 2 unspecified atom stereocenters. The van der Waals surface area contributed by atoms with Crippen LogP contribution in [0.15, 0.2) is 12.1 Å². The molecule has 0 amide bonds. The molecule has 0 radical (unpaired) electrons. The third-order valence-corrected chi connectivity index (χ3v) is 4.03. The second-order valence-corrected chi connectivity index (χ2v) is 5.53. The van der Waals surface area contributed by atoms with Crippen molar-refractivity contribution >= 4 is 0 Å². The molecule has 3 nitrogen and oxygen atoms in total. The highest BCUT2D eigenvalue weighted by atomic mass is 16.5. The van der Waals surface area contributed by atoms with Crippen LogP contribution in [-0.4, -0.2) is 24.7 Å². The lowest BCUT2D eigenvalue weighted by Gasteiger charge is -2.19. The molecular formula is C16H26N2O. The molecular weight excluding hydrogens is 236 g/mol. The Morgan fingerprint density at radius 3 is 2.89 bits per heavy atom. The summed E-state index contributed by atoms with van der Waals surface area (Å²) in [6, 6.07) is 4.73. The standard InChI is InChI=1S/C16H26N2O/c1-12-9-10-15(13(2)18-12)16(17-3)8-4-6-14-7-5-11-19-14/h9-10,14,16-17H,4-8,11H2,1-3H3. The van der Waals surface area contributed by atoms with Gasteiger partial charge in [-0.1, -0.05) is 6.07 Å². The molecule has 0 bridgehead atoms. The molecule has 0 saturated carbocycles. The normalized spacial score (nSPS) is 20.7. The highest BCUT2D eigenvalue weighted by molar-refractivity contribution is 5.25. The maximum Gasteiger partial charge on any atom is 0.0576 e. The number of ether oxygens (including phenoxy) is 1. The van der Waals surface area contributed by atoms with Crippen LogP contribution >= 0.6 is 0 Å². The number of aromatic nitrogens is 1. The van der Waals surface area contributed by atoms with Crippen molar-refractivity contribution < 1.29 is 4.74 Å². The van der Waals surface area contributed by atoms with Gasteiger partial charge in [-0.3, -0.25) is 4.98 Å². The summed E-state index contributed by atoms with van der Waals surface area (Å²) >= 11 is 0. The summed E-state index contributed by atoms with van der Waals surface area (Å²) in [5.41, 5.74) is 3.58. The number of hydrogen-bond acceptors (Lipinski definition) is 3. The molecule has 1 aromatic heterocycles. The van der Waals surface area contributed by atoms with Gasteiger partial charge in [0.15, 0.2) is 0 Å². The van der Waals surface area contributed by atoms with Crippen molar-refractivity contribution in [3.63, 3.8) is 0 Å². The SMILES string of the molecule is CNC(CCCC1CCCO1)c1ccc(C)nc1C. The Hall–Kier alpha value is -0.930. The van der Waals surface area contributed by atoms with E-state index in [9.17, 15) is 0 Å². The fourth-order valence-corrected chi connectivity index (χ4v) is 2.94. The maximum absolute atomic E-state index is 5.68. The number of nitrogens with one attached hydrogen (secondary N) is 1. The molecule has 19 heavy (non-hydrogen) atoms. The number of hydrogen-bond donors (Lipinski definition) is 1. The molecule has 1 N–H and O–H groups in total. The van der Waals surface area contributed by atoms with Crippen molar-refractivity contribution in [1.82, 2.24) is 10.3 Å². The molecule has 1 saturated heterocycles. The van der Waals surface area contributed by atoms with E-state index in [1.165, 1.54) is 31.2 Å². The molecule has 3 heteroatoms. The second-order valence-electron chi connectivity index (χ2n) is 5.53. The number of rotatable bonds is 6. The minimum absolute atomic E-state index is 0.412. The van der Waals surface area contributed by atoms with Gasteiger partial charge in [-0.15, -0.1) is 0 Å². The summed E-state index contributed by atoms with van der Waals surface area (Å²) < 4.78 is 5.68. The van der Waals surface area contributed by atoms with E-state index in [1.807, 2.05) is 14.0 Å². The van der Waals surface area contributed by atoms with Gasteiger partial charge in [0, 0.05) is 24.0 Å². The topological polar surface area (TPSA) is 34.1 Å². The van der Waals surface area contributed by atoms with Gasteiger partial charge >= 0.3 is 0 Å². The van der Waals surface area contributed by atoms with Crippen LogP contribution in [0.4, 0.5) is 0 Å². The Morgan fingerprint density at radius 1 is 1.42 bits per heavy atom. The molecule has 1 aromatic rings. The van der Waals surface area contributed by atoms with Crippen LogP contribution in [0.1, 0.15) is 55.1 Å². The predicted molar refractivity (Wildman–Crippen MR) is 78.3 cm³/mol. The average molecular weight is 262 g/mol. The molecule has 106 valence electrons. The largest absolute Gasteiger partial charge is 0.378 e. The average Bonchev–Trinajstić information content (AvgIpc) is 2.89. The predicted octanol–water partition coefficient (Wildman–Crippen LogP) is 3.31. The first-order chi connectivity index (χ1) is 9.20. The van der Waals surface area contributed by atoms with Gasteiger partial charge in [0.2, 0.25) is 0 Å². The van der Waals surface area contributed by atoms with Crippen molar-refractivity contribution in [2.24, 2.45) is 0 Å². The van der Waals surface area contributed by atoms with E-state index in [0.717, 1.165) is 24.4 Å². The Balaban J connectivity index is 1.88. The first kappa shape index (κ1) is 14.5. The lowest BCUT2D eigenvalue weighted by molar-refractivity contribution is 0.101. The molecule has 2 rings (SSSR count). The zero-order valence-electron chi connectivity index (χ0n) is 12.4. The lowest BCUT2D eigenvalue weighted by atomic mass is 9.98. The summed E-state index contributed by atoms with van der Waals surface area (Å²) in [6.45, 7) is 5.11. The molecule has 1 aliphatic heterocycles. The highest BCUT2D eigenvalue weighted by Crippen LogP contribution is 2.24. The van der Waals surface area contributed by atoms with Crippen molar-refractivity contribution in [2.45, 2.75) is 58.1 Å². The summed E-state index contributed by atoms with van der Waals surface area (Å²) in [7, 11) is 2.04. The molecule has 2 heterocycles. The van der Waals surface area contributed by atoms with Crippen LogP contribution in [-0.2, 0) is 4.74 Å². The minimum Gasteiger partial charge on any atom is -0.378 e. The smallest absolute Gasteiger partial charge is 0.0576 e. The van der Waals surface area contributed by atoms with Gasteiger partial charge in [-0.2, -0.15) is 0 Å². The molecule has 0 aromatic carbocycles. The molecule has 2 atom stereocenters. The van der Waals surface area contributed by atoms with E-state index in [1.54, 1.807) is 0 Å². The summed E-state index contributed by atoms with van der Waals surface area (Å²) in [5, 5.41) is 3.42. The van der Waals surface area contributed by atoms with Gasteiger partial charge in [-0.05, 0) is 64.6 Å². The maximum atomic E-state index is 5.68. The third kappa shape index (κ3) is 4.02. The van der Waals surface area contributed by atoms with Gasteiger partial charge in [0.05, 0.1) is 6.10 Å². The molecule has 1 fully saturated rings. The summed E-state index contributed by atoms with van der Waals surface area (Å²) in [4.78, 5) is 4.56. The highest BCUT2D eigenvalue weighted by Gasteiger charge is 2.17. The van der Waals surface area contributed by atoms with E-state index < -0.39 is 0 Å². The monoisotopic (exact) mass is 262 g/mol. The second kappa shape index (κ2) is 7.01. The van der Waals surface area contributed by atoms with Crippen molar-refractivity contribution in [2.75, 3.05) is 13.7 Å². The van der Waals surface area contributed by atoms with E-state index in [2.05, 4.69) is 29.4 Å². The van der Waals surface area contributed by atoms with E-state index >= 15 is 0 Å². The van der Waals surface area contributed by atoms with Crippen LogP contribution in [0.3, 0.4) is 0 Å². The Labute approximate surface area is 116 Å². The van der Waals surface area contributed by atoms with Gasteiger partial charge < -0.3 is 10.1 Å². The van der Waals surface area contributed by atoms with Gasteiger partial charge in [0.1, 0.15) is 0 Å². The van der Waals surface area contributed by atoms with E-state index in [0.29, 0.717) is 12.1 Å².